The molecule has 0 aromatic heterocycles. The van der Waals surface area contributed by atoms with Gasteiger partial charge in [-0.15, -0.1) is 0 Å². The van der Waals surface area contributed by atoms with E-state index in [0.29, 0.717) is 31.7 Å². The van der Waals surface area contributed by atoms with Gasteiger partial charge in [-0.2, -0.15) is 0 Å². The van der Waals surface area contributed by atoms with Crippen LogP contribution < -0.4 is 14.8 Å². The van der Waals surface area contributed by atoms with Crippen LogP contribution in [-0.2, 0) is 16.1 Å². The minimum atomic E-state index is -0.571. The van der Waals surface area contributed by atoms with Gasteiger partial charge in [0.2, 0.25) is 11.8 Å². The van der Waals surface area contributed by atoms with Gasteiger partial charge in [0.1, 0.15) is 17.5 Å². The summed E-state index contributed by atoms with van der Waals surface area (Å²) >= 11 is 0. The van der Waals surface area contributed by atoms with E-state index in [4.69, 9.17) is 9.47 Å². The molecule has 0 bridgehead atoms. The van der Waals surface area contributed by atoms with Gasteiger partial charge in [0.25, 0.3) is 0 Å². The Morgan fingerprint density at radius 3 is 2.46 bits per heavy atom. The van der Waals surface area contributed by atoms with E-state index >= 15 is 0 Å². The Hall–Kier alpha value is -3.02. The predicted octanol–water partition coefficient (Wildman–Crippen LogP) is 3.02. The molecule has 6 heteroatoms. The number of nitrogens with zero attached hydrogens (tertiary/aromatic N) is 1. The maximum absolute atomic E-state index is 12.8. The fourth-order valence-electron chi connectivity index (χ4n) is 2.83. The number of amides is 2. The summed E-state index contributed by atoms with van der Waals surface area (Å²) in [7, 11) is 3.17. The van der Waals surface area contributed by atoms with Crippen LogP contribution in [0.2, 0.25) is 0 Å². The highest BCUT2D eigenvalue weighted by Gasteiger charge is 2.25. The molecule has 0 saturated heterocycles. The zero-order valence-corrected chi connectivity index (χ0v) is 16.7. The second kappa shape index (κ2) is 11.0. The molecule has 2 rings (SSSR count). The molecule has 0 radical (unpaired) electrons. The summed E-state index contributed by atoms with van der Waals surface area (Å²) in [5.74, 6) is 1.21. The first-order chi connectivity index (χ1) is 13.5. The third-order valence-corrected chi connectivity index (χ3v) is 4.45. The van der Waals surface area contributed by atoms with E-state index in [1.165, 1.54) is 0 Å². The Balaban J connectivity index is 1.98. The average Bonchev–Trinajstić information content (AvgIpc) is 2.74. The predicted molar refractivity (Wildman–Crippen MR) is 108 cm³/mol. The highest BCUT2D eigenvalue weighted by Crippen LogP contribution is 2.17. The number of carbonyl (C=O) groups excluding carboxylic acids is 2. The second-order valence-corrected chi connectivity index (χ2v) is 6.43. The minimum Gasteiger partial charge on any atom is -0.497 e. The fraction of sp³-hybridized carbons (Fsp3) is 0.364. The van der Waals surface area contributed by atoms with Crippen LogP contribution in [0.1, 0.15) is 25.3 Å². The van der Waals surface area contributed by atoms with Crippen molar-refractivity contribution >= 4 is 11.8 Å². The molecular formula is C22H28N2O4. The second-order valence-electron chi connectivity index (χ2n) is 6.43. The lowest BCUT2D eigenvalue weighted by atomic mass is 10.1. The molecule has 0 heterocycles. The van der Waals surface area contributed by atoms with Crippen molar-refractivity contribution in [3.63, 3.8) is 0 Å². The third-order valence-electron chi connectivity index (χ3n) is 4.45. The highest BCUT2D eigenvalue weighted by molar-refractivity contribution is 5.87. The topological polar surface area (TPSA) is 67.9 Å². The molecule has 0 saturated carbocycles. The average molecular weight is 384 g/mol. The summed E-state index contributed by atoms with van der Waals surface area (Å²) in [4.78, 5) is 26.6. The number of methoxy groups -OCH3 is 1. The number of ether oxygens (including phenoxy) is 2. The van der Waals surface area contributed by atoms with E-state index in [-0.39, 0.29) is 11.8 Å². The molecule has 28 heavy (non-hydrogen) atoms. The van der Waals surface area contributed by atoms with Crippen molar-refractivity contribution in [2.75, 3.05) is 20.8 Å². The van der Waals surface area contributed by atoms with Crippen LogP contribution in [0, 0.1) is 0 Å². The van der Waals surface area contributed by atoms with Crippen molar-refractivity contribution in [1.29, 1.82) is 0 Å². The maximum atomic E-state index is 12.8. The molecule has 1 atom stereocenters. The van der Waals surface area contributed by atoms with Crippen molar-refractivity contribution < 1.29 is 19.1 Å². The molecule has 1 unspecified atom stereocenters. The third kappa shape index (κ3) is 6.30. The number of hydrogen-bond acceptors (Lipinski definition) is 4. The van der Waals surface area contributed by atoms with Crippen LogP contribution in [-0.4, -0.2) is 43.5 Å². The molecule has 2 amide bonds. The largest absolute Gasteiger partial charge is 0.497 e. The minimum absolute atomic E-state index is 0.0874. The molecule has 0 fully saturated rings. The summed E-state index contributed by atoms with van der Waals surface area (Å²) in [6.45, 7) is 2.51. The Labute approximate surface area is 166 Å². The molecule has 2 aromatic carbocycles. The van der Waals surface area contributed by atoms with E-state index in [2.05, 4.69) is 5.32 Å². The van der Waals surface area contributed by atoms with Crippen molar-refractivity contribution in [2.24, 2.45) is 0 Å². The van der Waals surface area contributed by atoms with Gasteiger partial charge in [0.05, 0.1) is 13.7 Å². The van der Waals surface area contributed by atoms with Gasteiger partial charge in [-0.25, -0.2) is 0 Å². The zero-order chi connectivity index (χ0) is 20.4. The van der Waals surface area contributed by atoms with Gasteiger partial charge in [-0.3, -0.25) is 9.59 Å². The number of rotatable bonds is 10. The molecule has 150 valence electrons. The molecule has 0 aliphatic heterocycles. The maximum Gasteiger partial charge on any atom is 0.242 e. The van der Waals surface area contributed by atoms with Crippen LogP contribution in [0.3, 0.4) is 0 Å². The van der Waals surface area contributed by atoms with Crippen LogP contribution in [0.4, 0.5) is 0 Å². The number of hydrogen-bond donors (Lipinski definition) is 1. The number of para-hydroxylation sites is 1. The molecule has 1 N–H and O–H groups in total. The summed E-state index contributed by atoms with van der Waals surface area (Å²) in [5, 5.41) is 2.61. The normalized spacial score (nSPS) is 11.4. The molecule has 0 spiro atoms. The molecule has 0 aliphatic carbocycles. The number of likely N-dealkylation sites (N-methyl/N-ethyl adjacent to an activating group) is 1. The van der Waals surface area contributed by atoms with Crippen LogP contribution in [0.15, 0.2) is 54.6 Å². The summed E-state index contributed by atoms with van der Waals surface area (Å²) in [5.41, 5.74) is 0.906. The van der Waals surface area contributed by atoms with Crippen LogP contribution in [0.5, 0.6) is 11.5 Å². The standard InChI is InChI=1S/C22H28N2O4/c1-17(22(26)23-2)24(16-18-9-7-12-20(15-18)27-3)21(25)13-8-14-28-19-10-5-4-6-11-19/h4-7,9-12,15,17H,8,13-14,16H2,1-3H3,(H,23,26). The number of benzene rings is 2. The molecule has 6 nitrogen and oxygen atoms in total. The lowest BCUT2D eigenvalue weighted by Crippen LogP contribution is -2.46. The van der Waals surface area contributed by atoms with Gasteiger partial charge in [-0.1, -0.05) is 30.3 Å². The Morgan fingerprint density at radius 2 is 1.79 bits per heavy atom. The lowest BCUT2D eigenvalue weighted by Gasteiger charge is -2.28. The van der Waals surface area contributed by atoms with Crippen molar-refractivity contribution in [3.05, 3.63) is 60.2 Å². The van der Waals surface area contributed by atoms with Gasteiger partial charge in [0.15, 0.2) is 0 Å². The van der Waals surface area contributed by atoms with Crippen molar-refractivity contribution in [2.45, 2.75) is 32.4 Å². The zero-order valence-electron chi connectivity index (χ0n) is 16.7. The van der Waals surface area contributed by atoms with E-state index in [9.17, 15) is 9.59 Å². The van der Waals surface area contributed by atoms with Crippen molar-refractivity contribution in [1.82, 2.24) is 10.2 Å². The molecule has 2 aromatic rings. The Bertz CT molecular complexity index is 764. The van der Waals surface area contributed by atoms with Crippen LogP contribution >= 0.6 is 0 Å². The van der Waals surface area contributed by atoms with Crippen LogP contribution in [0.25, 0.3) is 0 Å². The van der Waals surface area contributed by atoms with E-state index in [1.807, 2.05) is 54.6 Å². The first kappa shape index (κ1) is 21.3. The summed E-state index contributed by atoms with van der Waals surface area (Å²) in [6, 6.07) is 16.4. The smallest absolute Gasteiger partial charge is 0.242 e. The number of carbonyl (C=O) groups is 2. The van der Waals surface area contributed by atoms with Gasteiger partial charge < -0.3 is 19.7 Å². The van der Waals surface area contributed by atoms with E-state index in [0.717, 1.165) is 11.3 Å². The SMILES string of the molecule is CNC(=O)C(C)N(Cc1cccc(OC)c1)C(=O)CCCOc1ccccc1. The first-order valence-electron chi connectivity index (χ1n) is 9.37. The lowest BCUT2D eigenvalue weighted by molar-refractivity contribution is -0.140. The highest BCUT2D eigenvalue weighted by atomic mass is 16.5. The van der Waals surface area contributed by atoms with Gasteiger partial charge in [0, 0.05) is 20.0 Å². The monoisotopic (exact) mass is 384 g/mol. The van der Waals surface area contributed by atoms with Gasteiger partial charge in [-0.05, 0) is 43.2 Å². The van der Waals surface area contributed by atoms with Crippen molar-refractivity contribution in [3.8, 4) is 11.5 Å². The van der Waals surface area contributed by atoms with E-state index < -0.39 is 6.04 Å². The quantitative estimate of drug-likeness (QED) is 0.640. The molecular weight excluding hydrogens is 356 g/mol. The number of nitrogens with one attached hydrogen (secondary N) is 1. The Kier molecular flexibility index (Phi) is 8.34. The fourth-order valence-corrected chi connectivity index (χ4v) is 2.83. The van der Waals surface area contributed by atoms with Gasteiger partial charge >= 0.3 is 0 Å². The molecule has 0 aliphatic rings. The summed E-state index contributed by atoms with van der Waals surface area (Å²) < 4.78 is 10.9. The summed E-state index contributed by atoms with van der Waals surface area (Å²) in [6.07, 6.45) is 0.876. The first-order valence-corrected chi connectivity index (χ1v) is 9.37. The van der Waals surface area contributed by atoms with E-state index in [1.54, 1.807) is 26.0 Å². The Morgan fingerprint density at radius 1 is 1.07 bits per heavy atom.